The average Bonchev–Trinajstić information content (AvgIpc) is 3.06. The molecule has 1 aromatic carbocycles. The Morgan fingerprint density at radius 1 is 1.19 bits per heavy atom. The van der Waals surface area contributed by atoms with Crippen molar-refractivity contribution in [3.05, 3.63) is 51.2 Å². The van der Waals surface area contributed by atoms with Gasteiger partial charge in [-0.05, 0) is 38.1 Å². The van der Waals surface area contributed by atoms with Crippen molar-refractivity contribution in [1.29, 1.82) is 0 Å². The van der Waals surface area contributed by atoms with Crippen LogP contribution in [0.1, 0.15) is 29.1 Å². The first kappa shape index (κ1) is 20.0. The topological polar surface area (TPSA) is 52.7 Å². The molecule has 1 aliphatic heterocycles. The van der Waals surface area contributed by atoms with Gasteiger partial charge in [-0.25, -0.2) is 0 Å². The van der Waals surface area contributed by atoms with Crippen molar-refractivity contribution >= 4 is 40.3 Å². The second kappa shape index (κ2) is 8.97. The van der Waals surface area contributed by atoms with Crippen LogP contribution >= 0.6 is 22.9 Å². The lowest BCUT2D eigenvalue weighted by molar-refractivity contribution is -0.121. The van der Waals surface area contributed by atoms with Gasteiger partial charge in [0.25, 0.3) is 0 Å². The van der Waals surface area contributed by atoms with Crippen molar-refractivity contribution in [2.75, 3.05) is 31.5 Å². The van der Waals surface area contributed by atoms with Gasteiger partial charge in [0, 0.05) is 48.9 Å². The zero-order valence-electron chi connectivity index (χ0n) is 15.6. The van der Waals surface area contributed by atoms with Crippen molar-refractivity contribution in [2.24, 2.45) is 0 Å². The molecule has 0 unspecified atom stereocenters. The van der Waals surface area contributed by atoms with Gasteiger partial charge in [-0.1, -0.05) is 23.7 Å². The highest BCUT2D eigenvalue weighted by Crippen LogP contribution is 2.23. The molecule has 2 aromatic rings. The summed E-state index contributed by atoms with van der Waals surface area (Å²) in [5.41, 5.74) is 1.26. The lowest BCUT2D eigenvalue weighted by Crippen LogP contribution is -2.52. The molecule has 1 aromatic heterocycles. The number of hydrogen-bond acceptors (Lipinski definition) is 5. The highest BCUT2D eigenvalue weighted by Gasteiger charge is 2.25. The minimum Gasteiger partial charge on any atom is -0.325 e. The molecule has 1 fully saturated rings. The van der Waals surface area contributed by atoms with E-state index in [2.05, 4.69) is 21.2 Å². The highest BCUT2D eigenvalue weighted by atomic mass is 35.5. The molecule has 0 bridgehead atoms. The highest BCUT2D eigenvalue weighted by molar-refractivity contribution is 7.16. The number of ketones is 1. The van der Waals surface area contributed by atoms with Crippen LogP contribution in [0.25, 0.3) is 0 Å². The molecule has 1 aliphatic rings. The van der Waals surface area contributed by atoms with E-state index in [1.165, 1.54) is 11.8 Å². The summed E-state index contributed by atoms with van der Waals surface area (Å²) >= 11 is 7.62. The third-order valence-corrected chi connectivity index (χ3v) is 6.09. The van der Waals surface area contributed by atoms with E-state index in [1.54, 1.807) is 35.6 Å². The SMILES string of the molecule is CC(=O)c1cccc(NC(=O)[C@@H](C)N2CCN(Cc3ccc(Cl)s3)CC2)c1. The average molecular weight is 406 g/mol. The lowest BCUT2D eigenvalue weighted by Gasteiger charge is -2.37. The van der Waals surface area contributed by atoms with E-state index < -0.39 is 0 Å². The number of benzene rings is 1. The second-order valence-corrected chi connectivity index (χ2v) is 8.62. The van der Waals surface area contributed by atoms with Crippen molar-refractivity contribution in [3.8, 4) is 0 Å². The Kier molecular flexibility index (Phi) is 6.65. The summed E-state index contributed by atoms with van der Waals surface area (Å²) in [5.74, 6) is -0.0588. The van der Waals surface area contributed by atoms with E-state index >= 15 is 0 Å². The molecule has 3 rings (SSSR count). The molecule has 1 amide bonds. The second-order valence-electron chi connectivity index (χ2n) is 6.82. The molecule has 0 saturated carbocycles. The maximum atomic E-state index is 12.6. The summed E-state index contributed by atoms with van der Waals surface area (Å²) in [4.78, 5) is 30.0. The van der Waals surface area contributed by atoms with Crippen LogP contribution in [0, 0.1) is 0 Å². The van der Waals surface area contributed by atoms with Gasteiger partial charge < -0.3 is 5.32 Å². The molecule has 27 heavy (non-hydrogen) atoms. The Hall–Kier alpha value is -1.73. The van der Waals surface area contributed by atoms with Gasteiger partial charge in [0.1, 0.15) is 0 Å². The summed E-state index contributed by atoms with van der Waals surface area (Å²) in [5, 5.41) is 2.93. The van der Waals surface area contributed by atoms with E-state index in [4.69, 9.17) is 11.6 Å². The van der Waals surface area contributed by atoms with Crippen LogP contribution in [0.4, 0.5) is 5.69 Å². The summed E-state index contributed by atoms with van der Waals surface area (Å²) < 4.78 is 0.822. The third kappa shape index (κ3) is 5.39. The molecule has 0 aliphatic carbocycles. The van der Waals surface area contributed by atoms with Crippen molar-refractivity contribution in [2.45, 2.75) is 26.4 Å². The molecule has 0 radical (unpaired) electrons. The molecule has 144 valence electrons. The minimum absolute atomic E-state index is 0.0118. The Balaban J connectivity index is 1.51. The van der Waals surface area contributed by atoms with E-state index in [-0.39, 0.29) is 17.7 Å². The molecule has 5 nitrogen and oxygen atoms in total. The molecule has 1 atom stereocenters. The Morgan fingerprint density at radius 2 is 1.93 bits per heavy atom. The molecule has 1 N–H and O–H groups in total. The third-order valence-electron chi connectivity index (χ3n) is 4.88. The molecule has 2 heterocycles. The fourth-order valence-electron chi connectivity index (χ4n) is 3.19. The normalized spacial score (nSPS) is 16.9. The van der Waals surface area contributed by atoms with E-state index in [9.17, 15) is 9.59 Å². The first-order valence-electron chi connectivity index (χ1n) is 9.05. The van der Waals surface area contributed by atoms with Crippen LogP contribution in [0.5, 0.6) is 0 Å². The van der Waals surface area contributed by atoms with Gasteiger partial charge in [0.15, 0.2) is 5.78 Å². The number of nitrogens with one attached hydrogen (secondary N) is 1. The number of carbonyl (C=O) groups excluding carboxylic acids is 2. The maximum Gasteiger partial charge on any atom is 0.241 e. The Labute approximate surface area is 168 Å². The predicted octanol–water partition coefficient (Wildman–Crippen LogP) is 3.75. The largest absolute Gasteiger partial charge is 0.325 e. The van der Waals surface area contributed by atoms with Crippen LogP contribution in [0.2, 0.25) is 4.34 Å². The molecule has 7 heteroatoms. The summed E-state index contributed by atoms with van der Waals surface area (Å²) in [7, 11) is 0. The summed E-state index contributed by atoms with van der Waals surface area (Å²) in [6.45, 7) is 7.90. The number of anilines is 1. The first-order valence-corrected chi connectivity index (χ1v) is 10.2. The van der Waals surface area contributed by atoms with Crippen molar-refractivity contribution in [1.82, 2.24) is 9.80 Å². The van der Waals surface area contributed by atoms with E-state index in [1.807, 2.05) is 13.0 Å². The monoisotopic (exact) mass is 405 g/mol. The Bertz CT molecular complexity index is 815. The fraction of sp³-hybridized carbons (Fsp3) is 0.400. The summed E-state index contributed by atoms with van der Waals surface area (Å²) in [6.07, 6.45) is 0. The van der Waals surface area contributed by atoms with Crippen molar-refractivity contribution in [3.63, 3.8) is 0 Å². The molecular formula is C20H24ClN3O2S. The zero-order valence-corrected chi connectivity index (χ0v) is 17.1. The van der Waals surface area contributed by atoms with Crippen LogP contribution in [-0.2, 0) is 11.3 Å². The fourth-order valence-corrected chi connectivity index (χ4v) is 4.32. The van der Waals surface area contributed by atoms with Gasteiger partial charge in [0.2, 0.25) is 5.91 Å². The van der Waals surface area contributed by atoms with Crippen LogP contribution in [0.3, 0.4) is 0 Å². The predicted molar refractivity (Wildman–Crippen MR) is 111 cm³/mol. The van der Waals surface area contributed by atoms with Crippen molar-refractivity contribution < 1.29 is 9.59 Å². The standard InChI is InChI=1S/C20H24ClN3O2S/c1-14(20(26)22-17-5-3-4-16(12-17)15(2)25)24-10-8-23(9-11-24)13-18-6-7-19(21)27-18/h3-7,12,14H,8-11,13H2,1-2H3,(H,22,26)/t14-/m1/s1. The lowest BCUT2D eigenvalue weighted by atomic mass is 10.1. The van der Waals surface area contributed by atoms with Gasteiger partial charge in [-0.2, -0.15) is 0 Å². The quantitative estimate of drug-likeness (QED) is 0.743. The number of Topliss-reactive ketones (excluding diaryl/α,β-unsaturated/α-hetero) is 1. The number of hydrogen-bond donors (Lipinski definition) is 1. The van der Waals surface area contributed by atoms with Crippen LogP contribution in [-0.4, -0.2) is 53.7 Å². The number of carbonyl (C=O) groups is 2. The van der Waals surface area contributed by atoms with Crippen LogP contribution in [0.15, 0.2) is 36.4 Å². The number of piperazine rings is 1. The van der Waals surface area contributed by atoms with Gasteiger partial charge in [-0.3, -0.25) is 19.4 Å². The Morgan fingerprint density at radius 3 is 2.56 bits per heavy atom. The summed E-state index contributed by atoms with van der Waals surface area (Å²) in [6, 6.07) is 10.9. The molecule has 1 saturated heterocycles. The van der Waals surface area contributed by atoms with E-state index in [0.717, 1.165) is 37.1 Å². The van der Waals surface area contributed by atoms with Gasteiger partial charge in [-0.15, -0.1) is 11.3 Å². The number of nitrogens with zero attached hydrogens (tertiary/aromatic N) is 2. The zero-order chi connectivity index (χ0) is 19.4. The maximum absolute atomic E-state index is 12.6. The number of thiophene rings is 1. The smallest absolute Gasteiger partial charge is 0.241 e. The van der Waals surface area contributed by atoms with Gasteiger partial charge in [0.05, 0.1) is 10.4 Å². The first-order chi connectivity index (χ1) is 12.9. The number of rotatable bonds is 6. The van der Waals surface area contributed by atoms with Gasteiger partial charge >= 0.3 is 0 Å². The van der Waals surface area contributed by atoms with Crippen LogP contribution < -0.4 is 5.32 Å². The molecular weight excluding hydrogens is 382 g/mol. The minimum atomic E-state index is -0.218. The molecule has 0 spiro atoms. The number of halogens is 1. The van der Waals surface area contributed by atoms with E-state index in [0.29, 0.717) is 11.3 Å². The number of amides is 1.